The Labute approximate surface area is 131 Å². The maximum absolute atomic E-state index is 11.7. The lowest BCUT2D eigenvalue weighted by Gasteiger charge is -2.23. The summed E-state index contributed by atoms with van der Waals surface area (Å²) in [5.41, 5.74) is 3.30. The number of thioether (sulfide) groups is 1. The molecule has 1 saturated heterocycles. The van der Waals surface area contributed by atoms with Crippen LogP contribution in [0.2, 0.25) is 0 Å². The molecule has 108 valence electrons. The van der Waals surface area contributed by atoms with E-state index in [-0.39, 0.29) is 18.4 Å². The highest BCUT2D eigenvalue weighted by Crippen LogP contribution is 2.38. The minimum absolute atomic E-state index is 0.0280. The summed E-state index contributed by atoms with van der Waals surface area (Å²) in [7, 11) is 0. The molecular weight excluding hydrogens is 308 g/mol. The first kappa shape index (κ1) is 14.1. The number of amides is 2. The highest BCUT2D eigenvalue weighted by Gasteiger charge is 2.25. The van der Waals surface area contributed by atoms with Crippen LogP contribution in [0.5, 0.6) is 5.75 Å². The quantitative estimate of drug-likeness (QED) is 0.613. The largest absolute Gasteiger partial charge is 0.481 e. The molecule has 5 nitrogen and oxygen atoms in total. The second kappa shape index (κ2) is 5.16. The number of anilines is 1. The van der Waals surface area contributed by atoms with E-state index in [0.717, 1.165) is 16.7 Å². The Bertz CT molecular complexity index is 725. The summed E-state index contributed by atoms with van der Waals surface area (Å²) >= 11 is 6.21. The summed E-state index contributed by atoms with van der Waals surface area (Å²) in [5.74, 6) is 0.317. The van der Waals surface area contributed by atoms with Crippen molar-refractivity contribution in [3.63, 3.8) is 0 Å². The number of carbonyl (C=O) groups is 2. The van der Waals surface area contributed by atoms with Gasteiger partial charge in [0.05, 0.1) is 10.6 Å². The molecule has 1 fully saturated rings. The molecule has 7 heteroatoms. The first-order valence-corrected chi connectivity index (χ1v) is 7.50. The summed E-state index contributed by atoms with van der Waals surface area (Å²) in [6.45, 7) is 3.82. The van der Waals surface area contributed by atoms with E-state index in [1.807, 2.05) is 19.9 Å². The van der Waals surface area contributed by atoms with E-state index in [1.165, 1.54) is 11.8 Å². The van der Waals surface area contributed by atoms with Gasteiger partial charge in [0.1, 0.15) is 10.1 Å². The fraction of sp³-hybridized carbons (Fsp3) is 0.214. The van der Waals surface area contributed by atoms with E-state index in [9.17, 15) is 9.59 Å². The van der Waals surface area contributed by atoms with E-state index in [2.05, 4.69) is 10.6 Å². The molecule has 1 aromatic rings. The molecule has 2 amide bonds. The molecule has 0 unspecified atom stereocenters. The predicted octanol–water partition coefficient (Wildman–Crippen LogP) is 2.12. The average Bonchev–Trinajstić information content (AvgIpc) is 2.73. The van der Waals surface area contributed by atoms with Crippen LogP contribution in [0.25, 0.3) is 6.08 Å². The van der Waals surface area contributed by atoms with E-state index in [0.29, 0.717) is 20.7 Å². The van der Waals surface area contributed by atoms with E-state index in [4.69, 9.17) is 17.0 Å². The molecule has 0 saturated carbocycles. The van der Waals surface area contributed by atoms with Gasteiger partial charge in [-0.05, 0) is 42.7 Å². The Hall–Kier alpha value is -1.86. The first-order chi connectivity index (χ1) is 9.95. The number of nitrogens with one attached hydrogen (secondary N) is 2. The van der Waals surface area contributed by atoms with Gasteiger partial charge in [0.25, 0.3) is 11.8 Å². The molecule has 0 atom stereocenters. The van der Waals surface area contributed by atoms with Gasteiger partial charge in [-0.15, -0.1) is 0 Å². The van der Waals surface area contributed by atoms with Crippen molar-refractivity contribution >= 4 is 51.9 Å². The van der Waals surface area contributed by atoms with Crippen LogP contribution in [-0.2, 0) is 9.59 Å². The molecule has 2 aliphatic rings. The van der Waals surface area contributed by atoms with E-state index < -0.39 is 0 Å². The molecule has 0 aliphatic carbocycles. The van der Waals surface area contributed by atoms with Gasteiger partial charge in [0.15, 0.2) is 6.61 Å². The maximum Gasteiger partial charge on any atom is 0.263 e. The van der Waals surface area contributed by atoms with Crippen LogP contribution >= 0.6 is 24.0 Å². The minimum atomic E-state index is -0.194. The minimum Gasteiger partial charge on any atom is -0.481 e. The zero-order valence-corrected chi connectivity index (χ0v) is 13.0. The van der Waals surface area contributed by atoms with E-state index in [1.54, 1.807) is 6.08 Å². The normalized spacial score (nSPS) is 19.1. The number of thiocarbonyl (C=S) groups is 1. The fourth-order valence-corrected chi connectivity index (χ4v) is 3.32. The Balaban J connectivity index is 2.09. The topological polar surface area (TPSA) is 67.4 Å². The average molecular weight is 320 g/mol. The highest BCUT2D eigenvalue weighted by atomic mass is 32.2. The maximum atomic E-state index is 11.7. The lowest BCUT2D eigenvalue weighted by molar-refractivity contribution is -0.118. The number of ether oxygens (including phenoxy) is 1. The van der Waals surface area contributed by atoms with Gasteiger partial charge in [-0.1, -0.05) is 24.0 Å². The summed E-state index contributed by atoms with van der Waals surface area (Å²) in [6, 6.07) is 1.94. The van der Waals surface area contributed by atoms with Crippen LogP contribution in [0.15, 0.2) is 11.0 Å². The van der Waals surface area contributed by atoms with Gasteiger partial charge < -0.3 is 15.4 Å². The molecule has 3 rings (SSSR count). The number of rotatable bonds is 1. The lowest BCUT2D eigenvalue weighted by Crippen LogP contribution is -2.26. The van der Waals surface area contributed by atoms with Crippen molar-refractivity contribution in [3.8, 4) is 5.75 Å². The number of carbonyl (C=O) groups excluding carboxylic acids is 2. The van der Waals surface area contributed by atoms with E-state index >= 15 is 0 Å². The van der Waals surface area contributed by atoms with Crippen molar-refractivity contribution < 1.29 is 14.3 Å². The number of hydrogen-bond donors (Lipinski definition) is 2. The third-order valence-electron chi connectivity index (χ3n) is 3.31. The summed E-state index contributed by atoms with van der Waals surface area (Å²) in [5, 5.41) is 5.41. The van der Waals surface area contributed by atoms with Crippen LogP contribution in [0.3, 0.4) is 0 Å². The van der Waals surface area contributed by atoms with Crippen molar-refractivity contribution in [1.29, 1.82) is 0 Å². The Morgan fingerprint density at radius 2 is 2.10 bits per heavy atom. The first-order valence-electron chi connectivity index (χ1n) is 6.27. The van der Waals surface area contributed by atoms with Crippen LogP contribution in [-0.4, -0.2) is 22.7 Å². The van der Waals surface area contributed by atoms with Gasteiger partial charge in [-0.3, -0.25) is 9.59 Å². The van der Waals surface area contributed by atoms with Gasteiger partial charge in [-0.2, -0.15) is 0 Å². The third kappa shape index (κ3) is 2.54. The third-order valence-corrected chi connectivity index (χ3v) is 4.47. The van der Waals surface area contributed by atoms with Crippen molar-refractivity contribution in [2.45, 2.75) is 13.8 Å². The van der Waals surface area contributed by atoms with Crippen LogP contribution in [0.4, 0.5) is 5.69 Å². The number of fused-ring (bicyclic) bond motifs is 1. The second-order valence-corrected chi connectivity index (χ2v) is 6.52. The second-order valence-electron chi connectivity index (χ2n) is 4.80. The number of hydrogen-bond acceptors (Lipinski definition) is 5. The molecule has 0 bridgehead atoms. The van der Waals surface area contributed by atoms with Crippen molar-refractivity contribution in [2.75, 3.05) is 11.9 Å². The van der Waals surface area contributed by atoms with Crippen molar-refractivity contribution in [1.82, 2.24) is 5.32 Å². The number of aryl methyl sites for hydroxylation is 1. The Morgan fingerprint density at radius 3 is 2.76 bits per heavy atom. The molecular formula is C14H12N2O3S2. The molecule has 0 aromatic heterocycles. The molecule has 2 heterocycles. The molecule has 1 aromatic carbocycles. The Kier molecular flexibility index (Phi) is 3.46. The molecule has 0 radical (unpaired) electrons. The van der Waals surface area contributed by atoms with Gasteiger partial charge in [0, 0.05) is 0 Å². The van der Waals surface area contributed by atoms with Crippen LogP contribution in [0.1, 0.15) is 16.7 Å². The van der Waals surface area contributed by atoms with Crippen LogP contribution < -0.4 is 15.4 Å². The summed E-state index contributed by atoms with van der Waals surface area (Å²) in [4.78, 5) is 23.8. The Morgan fingerprint density at radius 1 is 1.33 bits per heavy atom. The predicted molar refractivity (Wildman–Crippen MR) is 86.3 cm³/mol. The summed E-state index contributed by atoms with van der Waals surface area (Å²) < 4.78 is 5.93. The summed E-state index contributed by atoms with van der Waals surface area (Å²) in [6.07, 6.45) is 1.78. The fourth-order valence-electron chi connectivity index (χ4n) is 2.28. The van der Waals surface area contributed by atoms with Crippen molar-refractivity contribution in [3.05, 3.63) is 27.7 Å². The SMILES string of the molecule is Cc1cc(C=C2SC(=S)NC2=O)c(C)c2c1OCC(=O)N2. The van der Waals surface area contributed by atoms with Gasteiger partial charge in [0.2, 0.25) is 0 Å². The molecule has 2 N–H and O–H groups in total. The highest BCUT2D eigenvalue weighted by molar-refractivity contribution is 8.26. The standard InChI is InChI=1S/C14H12N2O3S2/c1-6-3-8(4-9-13(18)16-14(20)21-9)7(2)11-12(6)19-5-10(17)15-11/h3-4H,5H2,1-2H3,(H,15,17)(H,16,18,20). The van der Waals surface area contributed by atoms with Crippen LogP contribution in [0, 0.1) is 13.8 Å². The zero-order chi connectivity index (χ0) is 15.1. The smallest absolute Gasteiger partial charge is 0.263 e. The molecule has 0 spiro atoms. The lowest BCUT2D eigenvalue weighted by atomic mass is 10.0. The molecule has 2 aliphatic heterocycles. The number of benzene rings is 1. The van der Waals surface area contributed by atoms with Gasteiger partial charge >= 0.3 is 0 Å². The van der Waals surface area contributed by atoms with Gasteiger partial charge in [-0.25, -0.2) is 0 Å². The zero-order valence-electron chi connectivity index (χ0n) is 11.4. The molecule has 21 heavy (non-hydrogen) atoms. The van der Waals surface area contributed by atoms with Crippen molar-refractivity contribution in [2.24, 2.45) is 0 Å². The monoisotopic (exact) mass is 320 g/mol.